The van der Waals surface area contributed by atoms with Gasteiger partial charge in [0.2, 0.25) is 0 Å². The monoisotopic (exact) mass is 340 g/mol. The number of carbonyl (C=O) groups excluding carboxylic acids is 1. The van der Waals surface area contributed by atoms with Crippen LogP contribution in [0.4, 0.5) is 5.69 Å². The van der Waals surface area contributed by atoms with Crippen LogP contribution in [0, 0.1) is 5.92 Å². The second kappa shape index (κ2) is 6.60. The standard InChI is InChI=1S/C20H24N2OS/c1-15-7-8-18-16(13-15)14-19(24-18)20(23)22-11-9-21(10-12-22)17-5-3-2-4-6-17/h2-6,14-15H,7-13H2,1H3/t15-/m1/s1. The third-order valence-electron chi connectivity index (χ3n) is 5.23. The van der Waals surface area contributed by atoms with Gasteiger partial charge < -0.3 is 9.80 Å². The van der Waals surface area contributed by atoms with E-state index in [0.29, 0.717) is 0 Å². The van der Waals surface area contributed by atoms with Gasteiger partial charge in [0.05, 0.1) is 4.88 Å². The van der Waals surface area contributed by atoms with Crippen molar-refractivity contribution in [1.82, 2.24) is 4.90 Å². The molecule has 0 radical (unpaired) electrons. The van der Waals surface area contributed by atoms with Crippen LogP contribution in [0.2, 0.25) is 0 Å². The Bertz CT molecular complexity index is 716. The van der Waals surface area contributed by atoms with Gasteiger partial charge in [0.25, 0.3) is 5.91 Å². The fourth-order valence-corrected chi connectivity index (χ4v) is 4.95. The molecule has 1 aliphatic heterocycles. The Morgan fingerprint density at radius 1 is 1.12 bits per heavy atom. The Hall–Kier alpha value is -1.81. The molecule has 2 aliphatic rings. The third kappa shape index (κ3) is 3.07. The SMILES string of the molecule is C[C@@H]1CCc2sc(C(=O)N3CCN(c4ccccc4)CC3)cc2C1. The fraction of sp³-hybridized carbons (Fsp3) is 0.450. The van der Waals surface area contributed by atoms with Crippen molar-refractivity contribution in [2.45, 2.75) is 26.2 Å². The van der Waals surface area contributed by atoms with Crippen LogP contribution >= 0.6 is 11.3 Å². The molecule has 24 heavy (non-hydrogen) atoms. The Balaban J connectivity index is 1.42. The maximum atomic E-state index is 12.9. The first-order valence-corrected chi connectivity index (χ1v) is 9.73. The molecule has 0 spiro atoms. The Morgan fingerprint density at radius 2 is 1.88 bits per heavy atom. The molecule has 1 amide bonds. The van der Waals surface area contributed by atoms with Crippen molar-refractivity contribution in [1.29, 1.82) is 0 Å². The molecule has 126 valence electrons. The molecular formula is C20H24N2OS. The molecule has 1 fully saturated rings. The van der Waals surface area contributed by atoms with Gasteiger partial charge in [0.1, 0.15) is 0 Å². The molecule has 2 heterocycles. The van der Waals surface area contributed by atoms with Gasteiger partial charge in [-0.05, 0) is 48.9 Å². The molecular weight excluding hydrogens is 316 g/mol. The van der Waals surface area contributed by atoms with E-state index in [-0.39, 0.29) is 5.91 Å². The highest BCUT2D eigenvalue weighted by molar-refractivity contribution is 7.14. The Kier molecular flexibility index (Phi) is 4.31. The molecule has 4 heteroatoms. The summed E-state index contributed by atoms with van der Waals surface area (Å²) in [4.78, 5) is 19.6. The third-order valence-corrected chi connectivity index (χ3v) is 6.45. The molecule has 0 unspecified atom stereocenters. The van der Waals surface area contributed by atoms with E-state index in [1.54, 1.807) is 11.3 Å². The summed E-state index contributed by atoms with van der Waals surface area (Å²) in [7, 11) is 0. The van der Waals surface area contributed by atoms with Gasteiger partial charge in [-0.3, -0.25) is 4.79 Å². The first-order chi connectivity index (χ1) is 11.7. The van der Waals surface area contributed by atoms with Crippen molar-refractivity contribution < 1.29 is 4.79 Å². The van der Waals surface area contributed by atoms with Gasteiger partial charge in [0, 0.05) is 36.7 Å². The minimum Gasteiger partial charge on any atom is -0.368 e. The number of piperazine rings is 1. The fourth-order valence-electron chi connectivity index (χ4n) is 3.77. The number of nitrogens with zero attached hydrogens (tertiary/aromatic N) is 2. The summed E-state index contributed by atoms with van der Waals surface area (Å²) in [6.45, 7) is 5.76. The minimum atomic E-state index is 0.231. The first-order valence-electron chi connectivity index (χ1n) is 8.91. The number of carbonyl (C=O) groups is 1. The van der Waals surface area contributed by atoms with Crippen molar-refractivity contribution >= 4 is 22.9 Å². The van der Waals surface area contributed by atoms with Crippen LogP contribution in [0.15, 0.2) is 36.4 Å². The van der Waals surface area contributed by atoms with Crippen molar-refractivity contribution in [3.8, 4) is 0 Å². The van der Waals surface area contributed by atoms with Gasteiger partial charge in [-0.2, -0.15) is 0 Å². The zero-order valence-electron chi connectivity index (χ0n) is 14.2. The van der Waals surface area contributed by atoms with Crippen molar-refractivity contribution in [2.75, 3.05) is 31.1 Å². The number of anilines is 1. The highest BCUT2D eigenvalue weighted by atomic mass is 32.1. The average Bonchev–Trinajstić information content (AvgIpc) is 3.05. The van der Waals surface area contributed by atoms with Crippen molar-refractivity contribution in [3.63, 3.8) is 0 Å². The largest absolute Gasteiger partial charge is 0.368 e. The number of amides is 1. The molecule has 1 aromatic carbocycles. The van der Waals surface area contributed by atoms with Gasteiger partial charge in [-0.25, -0.2) is 0 Å². The van der Waals surface area contributed by atoms with Crippen LogP contribution in [0.3, 0.4) is 0 Å². The van der Waals surface area contributed by atoms with Gasteiger partial charge in [0.15, 0.2) is 0 Å². The highest BCUT2D eigenvalue weighted by Gasteiger charge is 2.26. The number of benzene rings is 1. The van der Waals surface area contributed by atoms with Crippen LogP contribution in [0.5, 0.6) is 0 Å². The van der Waals surface area contributed by atoms with Gasteiger partial charge in [-0.15, -0.1) is 11.3 Å². The van der Waals surface area contributed by atoms with E-state index in [0.717, 1.165) is 49.8 Å². The van der Waals surface area contributed by atoms with E-state index in [1.807, 2.05) is 11.0 Å². The summed E-state index contributed by atoms with van der Waals surface area (Å²) in [5.41, 5.74) is 2.68. The van der Waals surface area contributed by atoms with E-state index in [1.165, 1.54) is 22.5 Å². The predicted molar refractivity (Wildman–Crippen MR) is 100 cm³/mol. The van der Waals surface area contributed by atoms with Crippen LogP contribution in [0.1, 0.15) is 33.5 Å². The zero-order chi connectivity index (χ0) is 16.5. The summed E-state index contributed by atoms with van der Waals surface area (Å²) in [6, 6.07) is 12.6. The second-order valence-corrected chi connectivity index (χ2v) is 8.16. The molecule has 4 rings (SSSR count). The summed E-state index contributed by atoms with van der Waals surface area (Å²) in [6.07, 6.45) is 3.55. The maximum absolute atomic E-state index is 12.9. The molecule has 1 atom stereocenters. The Labute approximate surface area is 147 Å². The van der Waals surface area contributed by atoms with E-state index in [2.05, 4.69) is 42.2 Å². The molecule has 1 saturated heterocycles. The highest BCUT2D eigenvalue weighted by Crippen LogP contribution is 2.33. The van der Waals surface area contributed by atoms with Gasteiger partial charge in [-0.1, -0.05) is 25.1 Å². The average molecular weight is 340 g/mol. The molecule has 0 saturated carbocycles. The second-order valence-electron chi connectivity index (χ2n) is 7.02. The molecule has 0 bridgehead atoms. The molecule has 0 N–H and O–H groups in total. The minimum absolute atomic E-state index is 0.231. The summed E-state index contributed by atoms with van der Waals surface area (Å²) in [5, 5.41) is 0. The molecule has 1 aromatic heterocycles. The van der Waals surface area contributed by atoms with Crippen LogP contribution in [-0.2, 0) is 12.8 Å². The number of hydrogen-bond acceptors (Lipinski definition) is 3. The van der Waals surface area contributed by atoms with E-state index in [4.69, 9.17) is 0 Å². The number of rotatable bonds is 2. The van der Waals surface area contributed by atoms with Crippen LogP contribution in [0.25, 0.3) is 0 Å². The van der Waals surface area contributed by atoms with Crippen molar-refractivity contribution in [3.05, 3.63) is 51.7 Å². The first kappa shape index (κ1) is 15.7. The molecule has 3 nitrogen and oxygen atoms in total. The van der Waals surface area contributed by atoms with Crippen LogP contribution in [-0.4, -0.2) is 37.0 Å². The summed E-state index contributed by atoms with van der Waals surface area (Å²) in [5.74, 6) is 0.985. The number of para-hydroxylation sites is 1. The summed E-state index contributed by atoms with van der Waals surface area (Å²) < 4.78 is 0. The molecule has 2 aromatic rings. The van der Waals surface area contributed by atoms with E-state index < -0.39 is 0 Å². The zero-order valence-corrected chi connectivity index (χ0v) is 15.0. The van der Waals surface area contributed by atoms with Crippen molar-refractivity contribution in [2.24, 2.45) is 5.92 Å². The number of aryl methyl sites for hydroxylation is 1. The number of thiophene rings is 1. The number of fused-ring (bicyclic) bond motifs is 1. The predicted octanol–water partition coefficient (Wildman–Crippen LogP) is 3.84. The van der Waals surface area contributed by atoms with Gasteiger partial charge >= 0.3 is 0 Å². The normalized spacial score (nSPS) is 20.8. The summed E-state index contributed by atoms with van der Waals surface area (Å²) >= 11 is 1.73. The maximum Gasteiger partial charge on any atom is 0.264 e. The lowest BCUT2D eigenvalue weighted by molar-refractivity contribution is 0.0751. The topological polar surface area (TPSA) is 23.6 Å². The lowest BCUT2D eigenvalue weighted by Gasteiger charge is -2.36. The smallest absolute Gasteiger partial charge is 0.264 e. The number of hydrogen-bond donors (Lipinski definition) is 0. The Morgan fingerprint density at radius 3 is 2.62 bits per heavy atom. The van der Waals surface area contributed by atoms with E-state index in [9.17, 15) is 4.79 Å². The quantitative estimate of drug-likeness (QED) is 0.829. The lowest BCUT2D eigenvalue weighted by Crippen LogP contribution is -2.48. The van der Waals surface area contributed by atoms with Crippen LogP contribution < -0.4 is 4.90 Å². The molecule has 1 aliphatic carbocycles. The van der Waals surface area contributed by atoms with E-state index >= 15 is 0 Å². The lowest BCUT2D eigenvalue weighted by atomic mass is 9.90.